The first kappa shape index (κ1) is 19.4. The minimum absolute atomic E-state index is 0.0603. The molecule has 3 aromatic rings. The fourth-order valence-corrected chi connectivity index (χ4v) is 2.96. The van der Waals surface area contributed by atoms with Crippen molar-refractivity contribution in [1.29, 1.82) is 0 Å². The smallest absolute Gasteiger partial charge is 0.236 e. The van der Waals surface area contributed by atoms with Crippen LogP contribution in [0.5, 0.6) is 0 Å². The molecule has 28 heavy (non-hydrogen) atoms. The molecule has 2 N–H and O–H groups in total. The van der Waals surface area contributed by atoms with Crippen LogP contribution in [-0.4, -0.2) is 11.8 Å². The quantitative estimate of drug-likeness (QED) is 0.636. The van der Waals surface area contributed by atoms with E-state index in [1.54, 1.807) is 6.07 Å². The fraction of sp³-hybridized carbons (Fsp3) is 0.167. The molecule has 0 fully saturated rings. The molecule has 0 aliphatic carbocycles. The van der Waals surface area contributed by atoms with Crippen LogP contribution in [-0.2, 0) is 9.59 Å². The van der Waals surface area contributed by atoms with Crippen LogP contribution >= 0.6 is 0 Å². The average molecular weight is 372 g/mol. The summed E-state index contributed by atoms with van der Waals surface area (Å²) < 4.78 is 0. The number of carbonyl (C=O) groups is 2. The zero-order chi connectivity index (χ0) is 19.9. The maximum Gasteiger partial charge on any atom is 0.236 e. The second kappa shape index (κ2) is 9.00. The van der Waals surface area contributed by atoms with Crippen LogP contribution < -0.4 is 10.6 Å². The van der Waals surface area contributed by atoms with E-state index in [4.69, 9.17) is 0 Å². The van der Waals surface area contributed by atoms with Crippen molar-refractivity contribution in [3.8, 4) is 0 Å². The topological polar surface area (TPSA) is 58.2 Å². The Bertz CT molecular complexity index is 898. The number of carbonyl (C=O) groups excluding carboxylic acids is 2. The summed E-state index contributed by atoms with van der Waals surface area (Å²) in [4.78, 5) is 25.1. The van der Waals surface area contributed by atoms with Crippen molar-refractivity contribution in [1.82, 2.24) is 0 Å². The molecule has 0 unspecified atom stereocenters. The molecule has 2 amide bonds. The first-order valence-electron chi connectivity index (χ1n) is 9.36. The molecule has 3 rings (SSSR count). The maximum atomic E-state index is 13.2. The number of nitrogens with one attached hydrogen (secondary N) is 2. The summed E-state index contributed by atoms with van der Waals surface area (Å²) in [5.74, 6) is -0.713. The lowest BCUT2D eigenvalue weighted by atomic mass is 9.90. The molecule has 4 nitrogen and oxygen atoms in total. The monoisotopic (exact) mass is 372 g/mol. The number of amides is 2. The van der Waals surface area contributed by atoms with Crippen LogP contribution in [0, 0.1) is 5.92 Å². The summed E-state index contributed by atoms with van der Waals surface area (Å²) in [7, 11) is 0. The highest BCUT2D eigenvalue weighted by Crippen LogP contribution is 2.27. The summed E-state index contributed by atoms with van der Waals surface area (Å²) >= 11 is 0. The number of rotatable bonds is 6. The summed E-state index contributed by atoms with van der Waals surface area (Å²) in [6, 6.07) is 26.6. The van der Waals surface area contributed by atoms with Gasteiger partial charge in [-0.25, -0.2) is 0 Å². The van der Waals surface area contributed by atoms with Gasteiger partial charge in [-0.1, -0.05) is 80.6 Å². The van der Waals surface area contributed by atoms with E-state index >= 15 is 0 Å². The number of hydrogen-bond donors (Lipinski definition) is 2. The Morgan fingerprint density at radius 3 is 1.57 bits per heavy atom. The van der Waals surface area contributed by atoms with Crippen molar-refractivity contribution in [2.75, 3.05) is 10.6 Å². The van der Waals surface area contributed by atoms with Gasteiger partial charge in [0.2, 0.25) is 11.8 Å². The van der Waals surface area contributed by atoms with Crippen LogP contribution in [0.3, 0.4) is 0 Å². The Kier molecular flexibility index (Phi) is 6.22. The third-order valence-electron chi connectivity index (χ3n) is 4.45. The third kappa shape index (κ3) is 4.86. The largest absolute Gasteiger partial charge is 0.326 e. The minimum atomic E-state index is -0.420. The molecule has 3 aromatic carbocycles. The molecular weight excluding hydrogens is 348 g/mol. The first-order valence-corrected chi connectivity index (χ1v) is 9.36. The van der Waals surface area contributed by atoms with Gasteiger partial charge in [-0.2, -0.15) is 0 Å². The Morgan fingerprint density at radius 2 is 1.11 bits per heavy atom. The molecule has 0 radical (unpaired) electrons. The zero-order valence-electron chi connectivity index (χ0n) is 16.1. The Hall–Kier alpha value is -3.40. The lowest BCUT2D eigenvalue weighted by Crippen LogP contribution is -2.22. The van der Waals surface area contributed by atoms with Crippen LogP contribution in [0.1, 0.15) is 30.9 Å². The molecule has 0 aliphatic heterocycles. The van der Waals surface area contributed by atoms with E-state index < -0.39 is 5.92 Å². The summed E-state index contributed by atoms with van der Waals surface area (Å²) in [6.07, 6.45) is 0. The molecule has 0 heterocycles. The van der Waals surface area contributed by atoms with Crippen molar-refractivity contribution < 1.29 is 9.59 Å². The van der Waals surface area contributed by atoms with Crippen molar-refractivity contribution in [3.63, 3.8) is 0 Å². The van der Waals surface area contributed by atoms with Gasteiger partial charge in [0.1, 0.15) is 0 Å². The Morgan fingerprint density at radius 1 is 0.643 bits per heavy atom. The standard InChI is InChI=1S/C24H24N2O2/c1-17(2)23(27)25-20-14-9-15-21(16-20)26-24(28)22(18-10-5-3-6-11-18)19-12-7-4-8-13-19/h3-17,22H,1-2H3,(H,25,27)(H,26,28). The SMILES string of the molecule is CC(C)C(=O)Nc1cccc(NC(=O)C(c2ccccc2)c2ccccc2)c1. The summed E-state index contributed by atoms with van der Waals surface area (Å²) in [5, 5.41) is 5.85. The van der Waals surface area contributed by atoms with Gasteiger partial charge in [-0.05, 0) is 29.3 Å². The van der Waals surface area contributed by atoms with Gasteiger partial charge in [-0.15, -0.1) is 0 Å². The second-order valence-corrected chi connectivity index (χ2v) is 6.97. The third-order valence-corrected chi connectivity index (χ3v) is 4.45. The highest BCUT2D eigenvalue weighted by atomic mass is 16.2. The van der Waals surface area contributed by atoms with Crippen molar-refractivity contribution in [3.05, 3.63) is 96.1 Å². The van der Waals surface area contributed by atoms with E-state index in [1.165, 1.54) is 0 Å². The normalized spacial score (nSPS) is 10.7. The van der Waals surface area contributed by atoms with E-state index in [0.717, 1.165) is 11.1 Å². The van der Waals surface area contributed by atoms with E-state index in [-0.39, 0.29) is 17.7 Å². The highest BCUT2D eigenvalue weighted by molar-refractivity contribution is 5.99. The van der Waals surface area contributed by atoms with Crippen molar-refractivity contribution in [2.45, 2.75) is 19.8 Å². The molecule has 4 heteroatoms. The summed E-state index contributed by atoms with van der Waals surface area (Å²) in [6.45, 7) is 3.68. The molecule has 0 bridgehead atoms. The molecule has 142 valence electrons. The molecular formula is C24H24N2O2. The molecule has 0 atom stereocenters. The maximum absolute atomic E-state index is 13.2. The van der Waals surface area contributed by atoms with Gasteiger partial charge >= 0.3 is 0 Å². The van der Waals surface area contributed by atoms with E-state index in [1.807, 2.05) is 92.7 Å². The molecule has 0 spiro atoms. The number of hydrogen-bond acceptors (Lipinski definition) is 2. The number of benzene rings is 3. The van der Waals surface area contributed by atoms with Crippen LogP contribution in [0.2, 0.25) is 0 Å². The van der Waals surface area contributed by atoms with Gasteiger partial charge in [0.15, 0.2) is 0 Å². The molecule has 0 saturated heterocycles. The second-order valence-electron chi connectivity index (χ2n) is 6.97. The minimum Gasteiger partial charge on any atom is -0.326 e. The van der Waals surface area contributed by atoms with Gasteiger partial charge in [0.05, 0.1) is 5.92 Å². The molecule has 0 aromatic heterocycles. The predicted octanol–water partition coefficient (Wildman–Crippen LogP) is 5.05. The van der Waals surface area contributed by atoms with Crippen LogP contribution in [0.15, 0.2) is 84.9 Å². The lowest BCUT2D eigenvalue weighted by molar-refractivity contribution is -0.119. The van der Waals surface area contributed by atoms with E-state index in [9.17, 15) is 9.59 Å². The van der Waals surface area contributed by atoms with Gasteiger partial charge < -0.3 is 10.6 Å². The first-order chi connectivity index (χ1) is 13.5. The highest BCUT2D eigenvalue weighted by Gasteiger charge is 2.22. The van der Waals surface area contributed by atoms with Gasteiger partial charge in [0.25, 0.3) is 0 Å². The van der Waals surface area contributed by atoms with E-state index in [0.29, 0.717) is 11.4 Å². The zero-order valence-corrected chi connectivity index (χ0v) is 16.1. The fourth-order valence-electron chi connectivity index (χ4n) is 2.96. The molecule has 0 saturated carbocycles. The van der Waals surface area contributed by atoms with Crippen LogP contribution in [0.4, 0.5) is 11.4 Å². The summed E-state index contributed by atoms with van der Waals surface area (Å²) in [5.41, 5.74) is 3.15. The van der Waals surface area contributed by atoms with Crippen molar-refractivity contribution >= 4 is 23.2 Å². The predicted molar refractivity (Wildman–Crippen MR) is 113 cm³/mol. The van der Waals surface area contributed by atoms with Gasteiger partial charge in [0, 0.05) is 17.3 Å². The van der Waals surface area contributed by atoms with Crippen LogP contribution in [0.25, 0.3) is 0 Å². The Labute approximate surface area is 165 Å². The number of anilines is 2. The van der Waals surface area contributed by atoms with Gasteiger partial charge in [-0.3, -0.25) is 9.59 Å². The molecule has 0 aliphatic rings. The van der Waals surface area contributed by atoms with E-state index in [2.05, 4.69) is 10.6 Å². The average Bonchev–Trinajstić information content (AvgIpc) is 2.70. The lowest BCUT2D eigenvalue weighted by Gasteiger charge is -2.18. The van der Waals surface area contributed by atoms with Crippen molar-refractivity contribution in [2.24, 2.45) is 5.92 Å². The Balaban J connectivity index is 1.84.